The Morgan fingerprint density at radius 1 is 1.33 bits per heavy atom. The molecule has 0 bridgehead atoms. The standard InChI is InChI=1S/C16H30N2O2S/c1-6-12(4)13-14(19)17-16(5,7-2)15(20)18(13)10-9-11-21-8-3/h12-13H,6-11H2,1-5H3,(H,17,19). The molecule has 0 radical (unpaired) electrons. The summed E-state index contributed by atoms with van der Waals surface area (Å²) in [6.07, 6.45) is 2.48. The van der Waals surface area contributed by atoms with Crippen molar-refractivity contribution in [2.75, 3.05) is 18.1 Å². The molecule has 1 aliphatic rings. The lowest BCUT2D eigenvalue weighted by atomic mass is 9.87. The van der Waals surface area contributed by atoms with Crippen molar-refractivity contribution in [2.45, 2.75) is 65.5 Å². The summed E-state index contributed by atoms with van der Waals surface area (Å²) in [5.74, 6) is 2.41. The fraction of sp³-hybridized carbons (Fsp3) is 0.875. The maximum absolute atomic E-state index is 12.8. The maximum Gasteiger partial charge on any atom is 0.248 e. The van der Waals surface area contributed by atoms with Crippen LogP contribution in [0.1, 0.15) is 53.9 Å². The Bertz CT molecular complexity index is 375. The van der Waals surface area contributed by atoms with E-state index in [1.807, 2.05) is 30.5 Å². The minimum atomic E-state index is -0.737. The number of carbonyl (C=O) groups is 2. The molecule has 0 saturated carbocycles. The number of nitrogens with zero attached hydrogens (tertiary/aromatic N) is 1. The molecular formula is C16H30N2O2S. The Morgan fingerprint density at radius 3 is 2.52 bits per heavy atom. The van der Waals surface area contributed by atoms with Crippen LogP contribution in [0.25, 0.3) is 0 Å². The normalized spacial score (nSPS) is 27.7. The molecule has 1 aliphatic heterocycles. The van der Waals surface area contributed by atoms with E-state index in [1.165, 1.54) is 0 Å². The van der Waals surface area contributed by atoms with Gasteiger partial charge in [0.25, 0.3) is 0 Å². The van der Waals surface area contributed by atoms with Gasteiger partial charge in [0, 0.05) is 6.54 Å². The molecule has 0 aromatic carbocycles. The first-order valence-corrected chi connectivity index (χ1v) is 9.27. The van der Waals surface area contributed by atoms with Gasteiger partial charge in [-0.25, -0.2) is 0 Å². The molecule has 21 heavy (non-hydrogen) atoms. The van der Waals surface area contributed by atoms with E-state index in [4.69, 9.17) is 0 Å². The molecule has 1 fully saturated rings. The van der Waals surface area contributed by atoms with Gasteiger partial charge < -0.3 is 10.2 Å². The zero-order valence-corrected chi connectivity index (χ0v) is 14.9. The fourth-order valence-electron chi connectivity index (χ4n) is 2.73. The molecule has 3 unspecified atom stereocenters. The van der Waals surface area contributed by atoms with E-state index < -0.39 is 5.54 Å². The van der Waals surface area contributed by atoms with Gasteiger partial charge in [-0.1, -0.05) is 34.1 Å². The third-order valence-electron chi connectivity index (χ3n) is 4.52. The monoisotopic (exact) mass is 314 g/mol. The van der Waals surface area contributed by atoms with Crippen LogP contribution in [0.2, 0.25) is 0 Å². The van der Waals surface area contributed by atoms with Crippen molar-refractivity contribution in [3.8, 4) is 0 Å². The zero-order chi connectivity index (χ0) is 16.0. The molecular weight excluding hydrogens is 284 g/mol. The number of piperazine rings is 1. The minimum absolute atomic E-state index is 0.0106. The van der Waals surface area contributed by atoms with Crippen LogP contribution in [0.3, 0.4) is 0 Å². The zero-order valence-electron chi connectivity index (χ0n) is 14.1. The van der Waals surface area contributed by atoms with E-state index in [0.717, 1.165) is 24.3 Å². The van der Waals surface area contributed by atoms with Crippen molar-refractivity contribution < 1.29 is 9.59 Å². The number of thioether (sulfide) groups is 1. The van der Waals surface area contributed by atoms with Crippen LogP contribution in [-0.2, 0) is 9.59 Å². The van der Waals surface area contributed by atoms with Crippen LogP contribution in [0.5, 0.6) is 0 Å². The first kappa shape index (κ1) is 18.3. The van der Waals surface area contributed by atoms with Crippen LogP contribution >= 0.6 is 11.8 Å². The van der Waals surface area contributed by atoms with E-state index in [1.54, 1.807) is 0 Å². The first-order chi connectivity index (χ1) is 9.91. The highest BCUT2D eigenvalue weighted by atomic mass is 32.2. The molecule has 2 amide bonds. The molecule has 0 aliphatic carbocycles. The lowest BCUT2D eigenvalue weighted by molar-refractivity contribution is -0.156. The summed E-state index contributed by atoms with van der Waals surface area (Å²) in [5.41, 5.74) is -0.737. The lowest BCUT2D eigenvalue weighted by Crippen LogP contribution is -2.70. The van der Waals surface area contributed by atoms with Gasteiger partial charge >= 0.3 is 0 Å². The van der Waals surface area contributed by atoms with Crippen LogP contribution < -0.4 is 5.32 Å². The number of nitrogens with one attached hydrogen (secondary N) is 1. The number of rotatable bonds is 8. The fourth-order valence-corrected chi connectivity index (χ4v) is 3.36. The van der Waals surface area contributed by atoms with Crippen LogP contribution in [-0.4, -0.2) is 46.3 Å². The highest BCUT2D eigenvalue weighted by Gasteiger charge is 2.47. The minimum Gasteiger partial charge on any atom is -0.340 e. The predicted octanol–water partition coefficient (Wildman–Crippen LogP) is 2.67. The van der Waals surface area contributed by atoms with Gasteiger partial charge in [-0.15, -0.1) is 0 Å². The molecule has 1 rings (SSSR count). The summed E-state index contributed by atoms with van der Waals surface area (Å²) in [6.45, 7) is 10.7. The highest BCUT2D eigenvalue weighted by molar-refractivity contribution is 7.99. The van der Waals surface area contributed by atoms with Crippen LogP contribution in [0.4, 0.5) is 0 Å². The van der Waals surface area contributed by atoms with E-state index >= 15 is 0 Å². The second-order valence-corrected chi connectivity index (χ2v) is 7.45. The number of carbonyl (C=O) groups excluding carboxylic acids is 2. The summed E-state index contributed by atoms with van der Waals surface area (Å²) in [7, 11) is 0. The van der Waals surface area contributed by atoms with Crippen molar-refractivity contribution in [3.05, 3.63) is 0 Å². The third kappa shape index (κ3) is 4.15. The average Bonchev–Trinajstić information content (AvgIpc) is 2.47. The molecule has 122 valence electrons. The van der Waals surface area contributed by atoms with Crippen molar-refractivity contribution >= 4 is 23.6 Å². The van der Waals surface area contributed by atoms with E-state index in [0.29, 0.717) is 13.0 Å². The largest absolute Gasteiger partial charge is 0.340 e. The molecule has 1 heterocycles. The SMILES string of the molecule is CCSCCCN1C(=O)C(C)(CC)NC(=O)C1C(C)CC. The number of amides is 2. The van der Waals surface area contributed by atoms with Crippen LogP contribution in [0.15, 0.2) is 0 Å². The van der Waals surface area contributed by atoms with Gasteiger partial charge in [-0.2, -0.15) is 11.8 Å². The Hall–Kier alpha value is -0.710. The summed E-state index contributed by atoms with van der Waals surface area (Å²) >= 11 is 1.88. The lowest BCUT2D eigenvalue weighted by Gasteiger charge is -2.46. The quantitative estimate of drug-likeness (QED) is 0.701. The third-order valence-corrected chi connectivity index (χ3v) is 5.50. The Kier molecular flexibility index (Phi) is 7.04. The summed E-state index contributed by atoms with van der Waals surface area (Å²) in [6, 6.07) is -0.311. The Balaban J connectivity index is 2.90. The molecule has 1 saturated heterocycles. The predicted molar refractivity (Wildman–Crippen MR) is 89.4 cm³/mol. The molecule has 4 nitrogen and oxygen atoms in total. The van der Waals surface area contributed by atoms with E-state index in [-0.39, 0.29) is 23.8 Å². The second kappa shape index (κ2) is 8.06. The van der Waals surface area contributed by atoms with Crippen LogP contribution in [0, 0.1) is 5.92 Å². The Labute approximate surface area is 133 Å². The van der Waals surface area contributed by atoms with Gasteiger partial charge in [-0.3, -0.25) is 9.59 Å². The van der Waals surface area contributed by atoms with Crippen molar-refractivity contribution in [1.82, 2.24) is 10.2 Å². The van der Waals surface area contributed by atoms with Gasteiger partial charge in [0.15, 0.2) is 0 Å². The molecule has 5 heteroatoms. The topological polar surface area (TPSA) is 49.4 Å². The van der Waals surface area contributed by atoms with E-state index in [2.05, 4.69) is 26.1 Å². The summed E-state index contributed by atoms with van der Waals surface area (Å²) < 4.78 is 0. The molecule has 0 aromatic rings. The maximum atomic E-state index is 12.8. The van der Waals surface area contributed by atoms with Gasteiger partial charge in [0.1, 0.15) is 11.6 Å². The number of hydrogen-bond acceptors (Lipinski definition) is 3. The summed E-state index contributed by atoms with van der Waals surface area (Å²) in [5, 5.41) is 2.95. The van der Waals surface area contributed by atoms with Crippen molar-refractivity contribution in [1.29, 1.82) is 0 Å². The molecule has 0 spiro atoms. The van der Waals surface area contributed by atoms with Gasteiger partial charge in [0.2, 0.25) is 11.8 Å². The van der Waals surface area contributed by atoms with Crippen molar-refractivity contribution in [3.63, 3.8) is 0 Å². The Morgan fingerprint density at radius 2 is 2.00 bits per heavy atom. The van der Waals surface area contributed by atoms with E-state index in [9.17, 15) is 9.59 Å². The molecule has 0 aromatic heterocycles. The van der Waals surface area contributed by atoms with Crippen molar-refractivity contribution in [2.24, 2.45) is 5.92 Å². The first-order valence-electron chi connectivity index (χ1n) is 8.12. The molecule has 1 N–H and O–H groups in total. The van der Waals surface area contributed by atoms with Gasteiger partial charge in [-0.05, 0) is 37.2 Å². The van der Waals surface area contributed by atoms with Gasteiger partial charge in [0.05, 0.1) is 0 Å². The number of hydrogen-bond donors (Lipinski definition) is 1. The summed E-state index contributed by atoms with van der Waals surface area (Å²) in [4.78, 5) is 27.2. The smallest absolute Gasteiger partial charge is 0.248 e. The second-order valence-electron chi connectivity index (χ2n) is 6.05. The highest BCUT2D eigenvalue weighted by Crippen LogP contribution is 2.26. The average molecular weight is 314 g/mol. The molecule has 3 atom stereocenters.